The number of nitrogens with one attached hydrogen (secondary N) is 1. The molecule has 0 unspecified atom stereocenters. The molecule has 2 aliphatic heterocycles. The van der Waals surface area contributed by atoms with Gasteiger partial charge >= 0.3 is 0 Å². The van der Waals surface area contributed by atoms with Crippen LogP contribution >= 0.6 is 24.8 Å². The van der Waals surface area contributed by atoms with Gasteiger partial charge in [0.1, 0.15) is 0 Å². The van der Waals surface area contributed by atoms with Gasteiger partial charge in [-0.1, -0.05) is 6.08 Å². The van der Waals surface area contributed by atoms with Crippen molar-refractivity contribution in [1.82, 2.24) is 10.2 Å². The molecular formula is C16H24Cl2N2O3. The molecule has 2 aliphatic rings. The Hall–Kier alpha value is -1.14. The Morgan fingerprint density at radius 1 is 1.30 bits per heavy atom. The Bertz CT molecular complexity index is 522. The van der Waals surface area contributed by atoms with E-state index in [0.717, 1.165) is 44.1 Å². The van der Waals surface area contributed by atoms with Gasteiger partial charge in [0.2, 0.25) is 12.5 Å². The zero-order chi connectivity index (χ0) is 14.7. The Kier molecular flexibility index (Phi) is 7.99. The summed E-state index contributed by atoms with van der Waals surface area (Å²) in [5, 5.41) is 3.39. The van der Waals surface area contributed by atoms with Crippen molar-refractivity contribution in [3.8, 4) is 17.2 Å². The van der Waals surface area contributed by atoms with Crippen LogP contribution in [0.25, 0.3) is 0 Å². The van der Waals surface area contributed by atoms with Gasteiger partial charge in [-0.15, -0.1) is 31.4 Å². The number of ether oxygens (including phenoxy) is 3. The topological polar surface area (TPSA) is 43.0 Å². The van der Waals surface area contributed by atoms with E-state index in [1.807, 2.05) is 6.08 Å². The lowest BCUT2D eigenvalue weighted by Crippen LogP contribution is -2.45. The molecule has 1 aromatic rings. The first-order chi connectivity index (χ1) is 10.3. The predicted octanol–water partition coefficient (Wildman–Crippen LogP) is 2.79. The average Bonchev–Trinajstić information content (AvgIpc) is 3.01. The van der Waals surface area contributed by atoms with Gasteiger partial charge in [-0.3, -0.25) is 4.90 Å². The van der Waals surface area contributed by atoms with E-state index in [-0.39, 0.29) is 31.6 Å². The van der Waals surface area contributed by atoms with Gasteiger partial charge in [-0.25, -0.2) is 0 Å². The third-order valence-electron chi connectivity index (χ3n) is 4.05. The molecule has 1 saturated heterocycles. The van der Waals surface area contributed by atoms with Gasteiger partial charge in [-0.2, -0.15) is 0 Å². The Morgan fingerprint density at radius 3 is 2.70 bits per heavy atom. The number of hydrogen-bond donors (Lipinski definition) is 1. The van der Waals surface area contributed by atoms with Crippen LogP contribution in [0.15, 0.2) is 24.8 Å². The van der Waals surface area contributed by atoms with Gasteiger partial charge in [0.15, 0.2) is 11.5 Å². The number of methoxy groups -OCH3 is 1. The number of halogens is 2. The summed E-state index contributed by atoms with van der Waals surface area (Å²) in [5.74, 6) is 2.22. The highest BCUT2D eigenvalue weighted by molar-refractivity contribution is 5.85. The number of hydrogen-bond acceptors (Lipinski definition) is 5. The highest BCUT2D eigenvalue weighted by Crippen LogP contribution is 2.44. The lowest BCUT2D eigenvalue weighted by Gasteiger charge is -2.35. The molecule has 23 heavy (non-hydrogen) atoms. The molecule has 0 bridgehead atoms. The number of rotatable bonds is 5. The standard InChI is InChI=1S/C16H22N2O3.2ClH/c1-3-4-13(18-7-5-17-6-8-18)12-9-14(19-2)16-15(10-12)20-11-21-16;;/h3,9-10,13,17H,1,4-8,11H2,2H3;2*1H/t13-;;/m0../s1. The van der Waals surface area contributed by atoms with Crippen LogP contribution in [0.5, 0.6) is 17.2 Å². The molecule has 1 aromatic carbocycles. The predicted molar refractivity (Wildman–Crippen MR) is 95.6 cm³/mol. The minimum Gasteiger partial charge on any atom is -0.493 e. The fourth-order valence-electron chi connectivity index (χ4n) is 2.99. The Labute approximate surface area is 149 Å². The molecule has 1 N–H and O–H groups in total. The van der Waals surface area contributed by atoms with E-state index in [0.29, 0.717) is 11.8 Å². The zero-order valence-corrected chi connectivity index (χ0v) is 14.9. The zero-order valence-electron chi connectivity index (χ0n) is 13.2. The van der Waals surface area contributed by atoms with E-state index in [1.165, 1.54) is 5.56 Å². The fraction of sp³-hybridized carbons (Fsp3) is 0.500. The summed E-state index contributed by atoms with van der Waals surface area (Å²) < 4.78 is 16.5. The van der Waals surface area contributed by atoms with Crippen molar-refractivity contribution in [1.29, 1.82) is 0 Å². The molecule has 2 heterocycles. The van der Waals surface area contributed by atoms with Crippen LogP contribution in [0.1, 0.15) is 18.0 Å². The lowest BCUT2D eigenvalue weighted by molar-refractivity contribution is 0.170. The van der Waals surface area contributed by atoms with Crippen LogP contribution in [0.4, 0.5) is 0 Å². The highest BCUT2D eigenvalue weighted by atomic mass is 35.5. The first-order valence-electron chi connectivity index (χ1n) is 7.36. The first kappa shape index (κ1) is 19.9. The van der Waals surface area contributed by atoms with Crippen molar-refractivity contribution >= 4 is 24.8 Å². The largest absolute Gasteiger partial charge is 0.493 e. The molecule has 3 rings (SSSR count). The maximum absolute atomic E-state index is 5.54. The van der Waals surface area contributed by atoms with E-state index < -0.39 is 0 Å². The highest BCUT2D eigenvalue weighted by Gasteiger charge is 2.26. The second-order valence-electron chi connectivity index (χ2n) is 5.28. The van der Waals surface area contributed by atoms with E-state index >= 15 is 0 Å². The second kappa shape index (κ2) is 9.23. The number of benzene rings is 1. The molecule has 0 spiro atoms. The minimum absolute atomic E-state index is 0. The number of fused-ring (bicyclic) bond motifs is 1. The van der Waals surface area contributed by atoms with Gasteiger partial charge < -0.3 is 19.5 Å². The van der Waals surface area contributed by atoms with Crippen LogP contribution in [-0.2, 0) is 0 Å². The summed E-state index contributed by atoms with van der Waals surface area (Å²) in [6.45, 7) is 8.29. The monoisotopic (exact) mass is 362 g/mol. The molecule has 0 saturated carbocycles. The number of piperazine rings is 1. The number of nitrogens with zero attached hydrogens (tertiary/aromatic N) is 1. The lowest BCUT2D eigenvalue weighted by atomic mass is 10.00. The molecule has 0 aromatic heterocycles. The maximum Gasteiger partial charge on any atom is 0.231 e. The van der Waals surface area contributed by atoms with Gasteiger partial charge in [-0.05, 0) is 24.1 Å². The van der Waals surface area contributed by atoms with Crippen LogP contribution in [0.3, 0.4) is 0 Å². The summed E-state index contributed by atoms with van der Waals surface area (Å²) in [7, 11) is 1.66. The Balaban J connectivity index is 0.00000132. The van der Waals surface area contributed by atoms with Crippen LogP contribution in [-0.4, -0.2) is 45.0 Å². The van der Waals surface area contributed by atoms with Crippen molar-refractivity contribution in [2.45, 2.75) is 12.5 Å². The summed E-state index contributed by atoms with van der Waals surface area (Å²) >= 11 is 0. The van der Waals surface area contributed by atoms with E-state index in [9.17, 15) is 0 Å². The quantitative estimate of drug-likeness (QED) is 0.815. The molecule has 7 heteroatoms. The van der Waals surface area contributed by atoms with Gasteiger partial charge in [0, 0.05) is 32.2 Å². The SMILES string of the molecule is C=CC[C@@H](c1cc(OC)c2c(c1)OCO2)N1CCNCC1.Cl.Cl. The van der Waals surface area contributed by atoms with Crippen LogP contribution in [0.2, 0.25) is 0 Å². The van der Waals surface area contributed by atoms with Crippen molar-refractivity contribution in [2.75, 3.05) is 40.1 Å². The van der Waals surface area contributed by atoms with E-state index in [4.69, 9.17) is 14.2 Å². The Morgan fingerprint density at radius 2 is 2.04 bits per heavy atom. The maximum atomic E-state index is 5.54. The van der Waals surface area contributed by atoms with Crippen molar-refractivity contribution in [2.24, 2.45) is 0 Å². The van der Waals surface area contributed by atoms with Crippen molar-refractivity contribution in [3.63, 3.8) is 0 Å². The van der Waals surface area contributed by atoms with Crippen molar-refractivity contribution in [3.05, 3.63) is 30.4 Å². The van der Waals surface area contributed by atoms with E-state index in [2.05, 4.69) is 28.9 Å². The summed E-state index contributed by atoms with van der Waals surface area (Å²) in [4.78, 5) is 2.48. The molecule has 1 fully saturated rings. The summed E-state index contributed by atoms with van der Waals surface area (Å²) in [6.07, 6.45) is 2.88. The molecule has 5 nitrogen and oxygen atoms in total. The minimum atomic E-state index is 0. The van der Waals surface area contributed by atoms with Crippen LogP contribution < -0.4 is 19.5 Å². The molecule has 130 valence electrons. The third kappa shape index (κ3) is 4.23. The molecule has 0 amide bonds. The van der Waals surface area contributed by atoms with Gasteiger partial charge in [0.05, 0.1) is 7.11 Å². The summed E-state index contributed by atoms with van der Waals surface area (Å²) in [5.41, 5.74) is 1.19. The van der Waals surface area contributed by atoms with Crippen LogP contribution in [0, 0.1) is 0 Å². The second-order valence-corrected chi connectivity index (χ2v) is 5.28. The van der Waals surface area contributed by atoms with E-state index in [1.54, 1.807) is 7.11 Å². The van der Waals surface area contributed by atoms with Crippen molar-refractivity contribution < 1.29 is 14.2 Å². The fourth-order valence-corrected chi connectivity index (χ4v) is 2.99. The molecule has 1 atom stereocenters. The normalized spacial score (nSPS) is 17.6. The smallest absolute Gasteiger partial charge is 0.231 e. The first-order valence-corrected chi connectivity index (χ1v) is 7.36. The molecule has 0 radical (unpaired) electrons. The molecular weight excluding hydrogens is 339 g/mol. The molecule has 0 aliphatic carbocycles. The third-order valence-corrected chi connectivity index (χ3v) is 4.05. The average molecular weight is 363 g/mol. The van der Waals surface area contributed by atoms with Gasteiger partial charge in [0.25, 0.3) is 0 Å². The summed E-state index contributed by atoms with van der Waals surface area (Å²) in [6, 6.07) is 4.43.